The van der Waals surface area contributed by atoms with E-state index in [9.17, 15) is 4.79 Å². The first-order valence-electron chi connectivity index (χ1n) is 6.88. The zero-order chi connectivity index (χ0) is 13.7. The third-order valence-electron chi connectivity index (χ3n) is 3.52. The van der Waals surface area contributed by atoms with Gasteiger partial charge in [0.2, 0.25) is 0 Å². The molecule has 102 valence electrons. The first kappa shape index (κ1) is 13.7. The Labute approximate surface area is 114 Å². The molecule has 2 rings (SSSR count). The maximum Gasteiger partial charge on any atom is 0.331 e. The number of nitrogens with two attached hydrogens (primary N) is 1. The highest BCUT2D eigenvalue weighted by molar-refractivity contribution is 5.87. The highest BCUT2D eigenvalue weighted by Crippen LogP contribution is 2.25. The van der Waals surface area contributed by atoms with Gasteiger partial charge in [-0.2, -0.15) is 0 Å². The van der Waals surface area contributed by atoms with Gasteiger partial charge in [0.15, 0.2) is 0 Å². The fourth-order valence-electron chi connectivity index (χ4n) is 2.46. The summed E-state index contributed by atoms with van der Waals surface area (Å²) in [5.41, 5.74) is 7.27. The van der Waals surface area contributed by atoms with Gasteiger partial charge < -0.3 is 10.5 Å². The lowest BCUT2D eigenvalue weighted by atomic mass is 9.89. The van der Waals surface area contributed by atoms with Crippen LogP contribution in [-0.4, -0.2) is 12.1 Å². The molecule has 0 aromatic heterocycles. The number of rotatable bonds is 3. The topological polar surface area (TPSA) is 52.3 Å². The smallest absolute Gasteiger partial charge is 0.331 e. The first-order chi connectivity index (χ1) is 9.13. The number of esters is 1. The number of carbonyl (C=O) groups excluding carboxylic acids is 1. The van der Waals surface area contributed by atoms with E-state index in [4.69, 9.17) is 10.5 Å². The predicted octanol–water partition coefficient (Wildman–Crippen LogP) is 3.40. The summed E-state index contributed by atoms with van der Waals surface area (Å²) < 4.78 is 5.46. The number of anilines is 1. The van der Waals surface area contributed by atoms with Crippen molar-refractivity contribution in [3.8, 4) is 0 Å². The van der Waals surface area contributed by atoms with E-state index in [1.165, 1.54) is 12.5 Å². The standard InChI is InChI=1S/C16H21NO2/c1-12-3-2-4-15(11-12)19-16(18)10-7-13-5-8-14(17)9-6-13/h5-10,12,15H,2-4,11,17H2,1H3/b10-7+. The molecule has 19 heavy (non-hydrogen) atoms. The molecule has 1 fully saturated rings. The Morgan fingerprint density at radius 2 is 2.05 bits per heavy atom. The molecular formula is C16H21NO2. The molecule has 2 N–H and O–H groups in total. The van der Waals surface area contributed by atoms with Gasteiger partial charge in [-0.1, -0.05) is 25.5 Å². The van der Waals surface area contributed by atoms with E-state index in [2.05, 4.69) is 6.92 Å². The minimum Gasteiger partial charge on any atom is -0.459 e. The van der Waals surface area contributed by atoms with Crippen molar-refractivity contribution in [2.75, 3.05) is 5.73 Å². The van der Waals surface area contributed by atoms with Crippen LogP contribution < -0.4 is 5.73 Å². The molecular weight excluding hydrogens is 238 g/mol. The molecule has 1 saturated carbocycles. The molecule has 0 aliphatic heterocycles. The van der Waals surface area contributed by atoms with Crippen LogP contribution >= 0.6 is 0 Å². The van der Waals surface area contributed by atoms with Gasteiger partial charge in [-0.15, -0.1) is 0 Å². The number of nitrogen functional groups attached to an aromatic ring is 1. The monoisotopic (exact) mass is 259 g/mol. The second-order valence-corrected chi connectivity index (χ2v) is 5.33. The van der Waals surface area contributed by atoms with Crippen LogP contribution in [0.1, 0.15) is 38.2 Å². The van der Waals surface area contributed by atoms with Crippen molar-refractivity contribution >= 4 is 17.7 Å². The lowest BCUT2D eigenvalue weighted by Gasteiger charge is -2.25. The number of benzene rings is 1. The molecule has 1 aromatic rings. The van der Waals surface area contributed by atoms with Gasteiger partial charge in [-0.25, -0.2) is 4.79 Å². The van der Waals surface area contributed by atoms with Crippen molar-refractivity contribution in [1.82, 2.24) is 0 Å². The average molecular weight is 259 g/mol. The van der Waals surface area contributed by atoms with Crippen LogP contribution in [0.5, 0.6) is 0 Å². The van der Waals surface area contributed by atoms with Gasteiger partial charge in [0.25, 0.3) is 0 Å². The Kier molecular flexibility index (Phi) is 4.61. The number of ether oxygens (including phenoxy) is 1. The molecule has 0 radical (unpaired) electrons. The van der Waals surface area contributed by atoms with E-state index in [1.807, 2.05) is 24.3 Å². The molecule has 1 aromatic carbocycles. The second-order valence-electron chi connectivity index (χ2n) is 5.33. The molecule has 0 saturated heterocycles. The minimum atomic E-state index is -0.254. The van der Waals surface area contributed by atoms with E-state index in [0.29, 0.717) is 5.92 Å². The van der Waals surface area contributed by atoms with Gasteiger partial charge >= 0.3 is 5.97 Å². The third kappa shape index (κ3) is 4.43. The summed E-state index contributed by atoms with van der Waals surface area (Å²) in [4.78, 5) is 11.7. The minimum absolute atomic E-state index is 0.0901. The van der Waals surface area contributed by atoms with E-state index in [1.54, 1.807) is 6.08 Å². The van der Waals surface area contributed by atoms with Gasteiger partial charge in [0.1, 0.15) is 6.10 Å². The molecule has 1 aliphatic carbocycles. The Bertz CT molecular complexity index is 450. The molecule has 2 atom stereocenters. The number of hydrogen-bond donors (Lipinski definition) is 1. The van der Waals surface area contributed by atoms with Crippen molar-refractivity contribution in [2.24, 2.45) is 5.92 Å². The Hall–Kier alpha value is -1.77. The average Bonchev–Trinajstić information content (AvgIpc) is 2.38. The summed E-state index contributed by atoms with van der Waals surface area (Å²) in [6.07, 6.45) is 7.72. The number of carbonyl (C=O) groups is 1. The van der Waals surface area contributed by atoms with Crippen molar-refractivity contribution in [1.29, 1.82) is 0 Å². The van der Waals surface area contributed by atoms with Crippen LogP contribution in [0, 0.1) is 5.92 Å². The Morgan fingerprint density at radius 1 is 1.32 bits per heavy atom. The van der Waals surface area contributed by atoms with Crippen LogP contribution in [0.15, 0.2) is 30.3 Å². The first-order valence-corrected chi connectivity index (χ1v) is 6.88. The van der Waals surface area contributed by atoms with Crippen LogP contribution in [0.3, 0.4) is 0 Å². The zero-order valence-corrected chi connectivity index (χ0v) is 11.3. The molecule has 3 nitrogen and oxygen atoms in total. The maximum atomic E-state index is 11.7. The second kappa shape index (κ2) is 6.41. The normalized spacial score (nSPS) is 23.4. The lowest BCUT2D eigenvalue weighted by molar-refractivity contribution is -0.144. The van der Waals surface area contributed by atoms with Crippen molar-refractivity contribution in [3.05, 3.63) is 35.9 Å². The summed E-state index contributed by atoms with van der Waals surface area (Å²) in [5, 5.41) is 0. The lowest BCUT2D eigenvalue weighted by Crippen LogP contribution is -2.23. The summed E-state index contributed by atoms with van der Waals surface area (Å²) in [6, 6.07) is 7.38. The predicted molar refractivity (Wildman–Crippen MR) is 77.4 cm³/mol. The van der Waals surface area contributed by atoms with E-state index >= 15 is 0 Å². The summed E-state index contributed by atoms with van der Waals surface area (Å²) in [7, 11) is 0. The van der Waals surface area contributed by atoms with E-state index in [-0.39, 0.29) is 12.1 Å². The fourth-order valence-corrected chi connectivity index (χ4v) is 2.46. The SMILES string of the molecule is CC1CCCC(OC(=O)/C=C/c2ccc(N)cc2)C1. The van der Waals surface area contributed by atoms with Gasteiger partial charge in [-0.05, 0) is 49.0 Å². The largest absolute Gasteiger partial charge is 0.459 e. The Balaban J connectivity index is 1.85. The van der Waals surface area contributed by atoms with Crippen molar-refractivity contribution < 1.29 is 9.53 Å². The summed E-state index contributed by atoms with van der Waals surface area (Å²) in [5.74, 6) is 0.406. The molecule has 0 spiro atoms. The molecule has 1 aliphatic rings. The maximum absolute atomic E-state index is 11.7. The van der Waals surface area contributed by atoms with Crippen LogP contribution in [-0.2, 0) is 9.53 Å². The van der Waals surface area contributed by atoms with E-state index in [0.717, 1.165) is 30.5 Å². The summed E-state index contributed by atoms with van der Waals surface area (Å²) >= 11 is 0. The molecule has 0 heterocycles. The fraction of sp³-hybridized carbons (Fsp3) is 0.438. The molecule has 0 amide bonds. The van der Waals surface area contributed by atoms with Crippen LogP contribution in [0.25, 0.3) is 6.08 Å². The van der Waals surface area contributed by atoms with Gasteiger partial charge in [-0.3, -0.25) is 0 Å². The molecule has 3 heteroatoms. The molecule has 0 bridgehead atoms. The van der Waals surface area contributed by atoms with Gasteiger partial charge in [0.05, 0.1) is 0 Å². The molecule has 2 unspecified atom stereocenters. The van der Waals surface area contributed by atoms with E-state index < -0.39 is 0 Å². The zero-order valence-electron chi connectivity index (χ0n) is 11.3. The quantitative estimate of drug-likeness (QED) is 0.514. The van der Waals surface area contributed by atoms with Crippen LogP contribution in [0.2, 0.25) is 0 Å². The van der Waals surface area contributed by atoms with Crippen molar-refractivity contribution in [3.63, 3.8) is 0 Å². The number of hydrogen-bond acceptors (Lipinski definition) is 3. The highest BCUT2D eigenvalue weighted by atomic mass is 16.5. The summed E-state index contributed by atoms with van der Waals surface area (Å²) in [6.45, 7) is 2.21. The third-order valence-corrected chi connectivity index (χ3v) is 3.52. The van der Waals surface area contributed by atoms with Gasteiger partial charge in [0, 0.05) is 11.8 Å². The Morgan fingerprint density at radius 3 is 2.74 bits per heavy atom. The van der Waals surface area contributed by atoms with Crippen LogP contribution in [0.4, 0.5) is 5.69 Å². The highest BCUT2D eigenvalue weighted by Gasteiger charge is 2.21. The van der Waals surface area contributed by atoms with Crippen molar-refractivity contribution in [2.45, 2.75) is 38.7 Å².